The molecule has 0 aliphatic carbocycles. The molecule has 1 heterocycles. The van der Waals surface area contributed by atoms with Gasteiger partial charge in [0, 0.05) is 6.42 Å². The highest BCUT2D eigenvalue weighted by atomic mass is 127. The van der Waals surface area contributed by atoms with Gasteiger partial charge in [0.2, 0.25) is 0 Å². The molecule has 0 saturated carbocycles. The predicted octanol–water partition coefficient (Wildman–Crippen LogP) is 2.27. The third kappa shape index (κ3) is 3.08. The molecule has 0 unspecified atom stereocenters. The molecule has 0 aliphatic rings. The van der Waals surface area contributed by atoms with Crippen molar-refractivity contribution in [3.05, 3.63) is 25.4 Å². The Kier molecular flexibility index (Phi) is 4.10. The second-order valence-electron chi connectivity index (χ2n) is 3.84. The zero-order chi connectivity index (χ0) is 10.7. The van der Waals surface area contributed by atoms with Crippen LogP contribution in [0.2, 0.25) is 0 Å². The lowest BCUT2D eigenvalue weighted by molar-refractivity contribution is 0.572. The number of aryl methyl sites for hydroxylation is 2. The van der Waals surface area contributed by atoms with Gasteiger partial charge >= 0.3 is 0 Å². The highest BCUT2D eigenvalue weighted by Gasteiger charge is 2.05. The number of nitrogens with zero attached hydrogens (tertiary/aromatic N) is 1. The van der Waals surface area contributed by atoms with Gasteiger partial charge in [-0.3, -0.25) is 4.79 Å². The van der Waals surface area contributed by atoms with Crippen LogP contribution in [0.15, 0.2) is 4.79 Å². The molecule has 0 aliphatic heterocycles. The summed E-state index contributed by atoms with van der Waals surface area (Å²) >= 11 is 2.02. The van der Waals surface area contributed by atoms with Crippen LogP contribution in [-0.4, -0.2) is 9.97 Å². The van der Waals surface area contributed by atoms with Gasteiger partial charge < -0.3 is 4.98 Å². The van der Waals surface area contributed by atoms with Crippen molar-refractivity contribution in [3.8, 4) is 0 Å². The van der Waals surface area contributed by atoms with Crippen molar-refractivity contribution in [3.63, 3.8) is 0 Å². The molecule has 1 rings (SSSR count). The third-order valence-corrected chi connectivity index (χ3v) is 3.31. The number of halogens is 1. The minimum atomic E-state index is -0.0168. The molecule has 0 radical (unpaired) electrons. The molecule has 0 amide bonds. The van der Waals surface area contributed by atoms with Gasteiger partial charge in [-0.25, -0.2) is 4.98 Å². The van der Waals surface area contributed by atoms with E-state index >= 15 is 0 Å². The van der Waals surface area contributed by atoms with Crippen molar-refractivity contribution in [2.75, 3.05) is 0 Å². The predicted molar refractivity (Wildman–Crippen MR) is 65.5 cm³/mol. The Morgan fingerprint density at radius 3 is 2.64 bits per heavy atom. The zero-order valence-electron chi connectivity index (χ0n) is 8.72. The number of rotatable bonds is 3. The Morgan fingerprint density at radius 2 is 2.14 bits per heavy atom. The minimum absolute atomic E-state index is 0.0168. The number of nitrogens with one attached hydrogen (secondary N) is 1. The van der Waals surface area contributed by atoms with E-state index < -0.39 is 0 Å². The quantitative estimate of drug-likeness (QED) is 0.871. The first-order valence-electron chi connectivity index (χ1n) is 4.76. The summed E-state index contributed by atoms with van der Waals surface area (Å²) in [5.41, 5.74) is 0.810. The molecule has 3 nitrogen and oxygen atoms in total. The molecule has 1 aromatic heterocycles. The first-order chi connectivity index (χ1) is 6.50. The first-order valence-corrected chi connectivity index (χ1v) is 5.84. The normalized spacial score (nSPS) is 10.9. The fraction of sp³-hybridized carbons (Fsp3) is 0.600. The lowest BCUT2D eigenvalue weighted by Gasteiger charge is -2.05. The van der Waals surface area contributed by atoms with E-state index in [-0.39, 0.29) is 5.56 Å². The second kappa shape index (κ2) is 4.91. The molecule has 0 bridgehead atoms. The van der Waals surface area contributed by atoms with Gasteiger partial charge in [-0.1, -0.05) is 13.8 Å². The van der Waals surface area contributed by atoms with E-state index in [0.29, 0.717) is 9.49 Å². The second-order valence-corrected chi connectivity index (χ2v) is 4.92. The molecule has 14 heavy (non-hydrogen) atoms. The fourth-order valence-corrected chi connectivity index (χ4v) is 1.43. The van der Waals surface area contributed by atoms with Crippen molar-refractivity contribution in [2.24, 2.45) is 5.92 Å². The van der Waals surface area contributed by atoms with E-state index in [0.717, 1.165) is 24.4 Å². The SMILES string of the molecule is Cc1nc(CCC(C)C)[nH]c(=O)c1I. The summed E-state index contributed by atoms with van der Waals surface area (Å²) in [6.45, 7) is 6.20. The number of hydrogen-bond donors (Lipinski definition) is 1. The van der Waals surface area contributed by atoms with Crippen LogP contribution in [0, 0.1) is 16.4 Å². The van der Waals surface area contributed by atoms with Crippen molar-refractivity contribution in [1.29, 1.82) is 0 Å². The molecule has 0 aromatic carbocycles. The van der Waals surface area contributed by atoms with Crippen LogP contribution in [0.4, 0.5) is 0 Å². The van der Waals surface area contributed by atoms with E-state index in [2.05, 4.69) is 23.8 Å². The van der Waals surface area contributed by atoms with Gasteiger partial charge in [0.05, 0.1) is 9.26 Å². The monoisotopic (exact) mass is 306 g/mol. The smallest absolute Gasteiger partial charge is 0.264 e. The van der Waals surface area contributed by atoms with Crippen LogP contribution in [-0.2, 0) is 6.42 Å². The summed E-state index contributed by atoms with van der Waals surface area (Å²) < 4.78 is 0.691. The molecule has 78 valence electrons. The first kappa shape index (κ1) is 11.7. The van der Waals surface area contributed by atoms with Gasteiger partial charge in [0.15, 0.2) is 0 Å². The van der Waals surface area contributed by atoms with Crippen LogP contribution in [0.25, 0.3) is 0 Å². The van der Waals surface area contributed by atoms with Crippen LogP contribution in [0.3, 0.4) is 0 Å². The summed E-state index contributed by atoms with van der Waals surface area (Å²) in [6.07, 6.45) is 1.91. The van der Waals surface area contributed by atoms with Gasteiger partial charge in [-0.15, -0.1) is 0 Å². The highest BCUT2D eigenvalue weighted by Crippen LogP contribution is 2.06. The molecule has 0 spiro atoms. The van der Waals surface area contributed by atoms with Gasteiger partial charge in [0.1, 0.15) is 5.82 Å². The third-order valence-electron chi connectivity index (χ3n) is 2.04. The summed E-state index contributed by atoms with van der Waals surface area (Å²) in [5, 5.41) is 0. The van der Waals surface area contributed by atoms with Crippen LogP contribution < -0.4 is 5.56 Å². The van der Waals surface area contributed by atoms with E-state index in [1.807, 2.05) is 29.5 Å². The average Bonchev–Trinajstić information content (AvgIpc) is 2.10. The Hall–Kier alpha value is -0.390. The van der Waals surface area contributed by atoms with Gasteiger partial charge in [-0.2, -0.15) is 0 Å². The molecular weight excluding hydrogens is 291 g/mol. The Labute approximate surface area is 97.5 Å². The fourth-order valence-electron chi connectivity index (χ4n) is 1.17. The maximum Gasteiger partial charge on any atom is 0.264 e. The van der Waals surface area contributed by atoms with Crippen LogP contribution in [0.1, 0.15) is 31.8 Å². The van der Waals surface area contributed by atoms with Crippen molar-refractivity contribution in [2.45, 2.75) is 33.6 Å². The number of hydrogen-bond acceptors (Lipinski definition) is 2. The molecular formula is C10H15IN2O. The lowest BCUT2D eigenvalue weighted by Crippen LogP contribution is -2.16. The number of aromatic amines is 1. The molecule has 0 fully saturated rings. The average molecular weight is 306 g/mol. The van der Waals surface area contributed by atoms with E-state index in [1.165, 1.54) is 0 Å². The number of aromatic nitrogens is 2. The van der Waals surface area contributed by atoms with Crippen molar-refractivity contribution < 1.29 is 0 Å². The summed E-state index contributed by atoms with van der Waals surface area (Å²) in [7, 11) is 0. The minimum Gasteiger partial charge on any atom is -0.310 e. The maximum atomic E-state index is 11.4. The molecule has 0 saturated heterocycles. The number of H-pyrrole nitrogens is 1. The van der Waals surface area contributed by atoms with Crippen LogP contribution in [0.5, 0.6) is 0 Å². The zero-order valence-corrected chi connectivity index (χ0v) is 10.9. The molecule has 1 N–H and O–H groups in total. The standard InChI is InChI=1S/C10H15IN2O/c1-6(2)4-5-8-12-7(3)9(11)10(14)13-8/h6H,4-5H2,1-3H3,(H,12,13,14). The van der Waals surface area contributed by atoms with E-state index in [4.69, 9.17) is 0 Å². The van der Waals surface area contributed by atoms with Crippen molar-refractivity contribution >= 4 is 22.6 Å². The summed E-state index contributed by atoms with van der Waals surface area (Å²) in [5.74, 6) is 1.45. The molecule has 0 atom stereocenters. The highest BCUT2D eigenvalue weighted by molar-refractivity contribution is 14.1. The maximum absolute atomic E-state index is 11.4. The topological polar surface area (TPSA) is 45.8 Å². The van der Waals surface area contributed by atoms with E-state index in [9.17, 15) is 4.79 Å². The lowest BCUT2D eigenvalue weighted by atomic mass is 10.1. The Balaban J connectivity index is 2.85. The van der Waals surface area contributed by atoms with Crippen molar-refractivity contribution in [1.82, 2.24) is 9.97 Å². The molecule has 1 aromatic rings. The summed E-state index contributed by atoms with van der Waals surface area (Å²) in [6, 6.07) is 0. The van der Waals surface area contributed by atoms with Gasteiger partial charge in [0.25, 0.3) is 5.56 Å². The molecule has 4 heteroatoms. The van der Waals surface area contributed by atoms with E-state index in [1.54, 1.807) is 0 Å². The van der Waals surface area contributed by atoms with Gasteiger partial charge in [-0.05, 0) is 41.9 Å². The Bertz CT molecular complexity index is 371. The summed E-state index contributed by atoms with van der Waals surface area (Å²) in [4.78, 5) is 18.5. The largest absolute Gasteiger partial charge is 0.310 e. The Morgan fingerprint density at radius 1 is 1.50 bits per heavy atom. The van der Waals surface area contributed by atoms with Crippen LogP contribution >= 0.6 is 22.6 Å².